The molecule has 2 aromatic heterocycles. The van der Waals surface area contributed by atoms with Crippen molar-refractivity contribution in [1.29, 1.82) is 0 Å². The Morgan fingerprint density at radius 1 is 1.26 bits per heavy atom. The second-order valence-corrected chi connectivity index (χ2v) is 6.15. The average molecular weight is 365 g/mol. The summed E-state index contributed by atoms with van der Waals surface area (Å²) in [6.07, 6.45) is 3.93. The summed E-state index contributed by atoms with van der Waals surface area (Å²) in [5, 5.41) is 9.43. The van der Waals surface area contributed by atoms with Gasteiger partial charge in [-0.25, -0.2) is 0 Å². The van der Waals surface area contributed by atoms with Crippen molar-refractivity contribution in [3.63, 3.8) is 0 Å². The van der Waals surface area contributed by atoms with Gasteiger partial charge in [-0.1, -0.05) is 6.07 Å². The standard InChI is InChI=1S/C19H19N5O3/c25-18(22-19-21-17(23-24-19)16-5-1-2-10-20-16)13-6-8-14(9-7-13)27-12-15-4-3-11-26-15/h1-2,5-10,15H,3-4,11-12H2,(H2,21,22,23,24,25). The van der Waals surface area contributed by atoms with Gasteiger partial charge in [-0.15, -0.1) is 5.10 Å². The van der Waals surface area contributed by atoms with E-state index in [0.717, 1.165) is 19.4 Å². The molecule has 138 valence electrons. The van der Waals surface area contributed by atoms with Crippen LogP contribution >= 0.6 is 0 Å². The third-order valence-corrected chi connectivity index (χ3v) is 4.19. The number of benzene rings is 1. The minimum absolute atomic E-state index is 0.159. The first-order chi connectivity index (χ1) is 13.3. The van der Waals surface area contributed by atoms with Crippen LogP contribution in [-0.4, -0.2) is 45.4 Å². The van der Waals surface area contributed by atoms with E-state index in [2.05, 4.69) is 25.5 Å². The fourth-order valence-corrected chi connectivity index (χ4v) is 2.78. The third kappa shape index (κ3) is 4.29. The summed E-state index contributed by atoms with van der Waals surface area (Å²) in [5.41, 5.74) is 1.14. The smallest absolute Gasteiger partial charge is 0.258 e. The lowest BCUT2D eigenvalue weighted by Gasteiger charge is -2.11. The van der Waals surface area contributed by atoms with Crippen LogP contribution in [0.25, 0.3) is 11.5 Å². The van der Waals surface area contributed by atoms with Gasteiger partial charge in [0.1, 0.15) is 18.1 Å². The van der Waals surface area contributed by atoms with Crippen molar-refractivity contribution in [2.45, 2.75) is 18.9 Å². The highest BCUT2D eigenvalue weighted by Gasteiger charge is 2.16. The molecule has 1 aromatic carbocycles. The van der Waals surface area contributed by atoms with Crippen molar-refractivity contribution in [2.75, 3.05) is 18.5 Å². The molecule has 3 aromatic rings. The summed E-state index contributed by atoms with van der Waals surface area (Å²) in [5.74, 6) is 1.09. The van der Waals surface area contributed by atoms with E-state index in [1.807, 2.05) is 12.1 Å². The zero-order chi connectivity index (χ0) is 18.5. The topological polar surface area (TPSA) is 102 Å². The maximum absolute atomic E-state index is 12.4. The number of amides is 1. The molecule has 0 aliphatic carbocycles. The van der Waals surface area contributed by atoms with Crippen molar-refractivity contribution in [2.24, 2.45) is 0 Å². The average Bonchev–Trinajstić information content (AvgIpc) is 3.39. The number of aromatic nitrogens is 4. The number of H-pyrrole nitrogens is 1. The van der Waals surface area contributed by atoms with Gasteiger partial charge in [-0.3, -0.25) is 20.2 Å². The van der Waals surface area contributed by atoms with Crippen LogP contribution in [0.5, 0.6) is 5.75 Å². The molecule has 0 saturated carbocycles. The Balaban J connectivity index is 1.35. The molecule has 4 rings (SSSR count). The number of hydrogen-bond donors (Lipinski definition) is 2. The lowest BCUT2D eigenvalue weighted by Crippen LogP contribution is -2.16. The number of nitrogens with zero attached hydrogens (tertiary/aromatic N) is 3. The van der Waals surface area contributed by atoms with Gasteiger partial charge < -0.3 is 9.47 Å². The van der Waals surface area contributed by atoms with Crippen LogP contribution in [0.1, 0.15) is 23.2 Å². The largest absolute Gasteiger partial charge is 0.491 e. The summed E-state index contributed by atoms with van der Waals surface area (Å²) < 4.78 is 11.2. The number of ether oxygens (including phenoxy) is 2. The molecule has 1 aliphatic heterocycles. The Morgan fingerprint density at radius 2 is 2.15 bits per heavy atom. The summed E-state index contributed by atoms with van der Waals surface area (Å²) in [4.78, 5) is 20.8. The minimum atomic E-state index is -0.299. The summed E-state index contributed by atoms with van der Waals surface area (Å²) in [6, 6.07) is 12.4. The second-order valence-electron chi connectivity index (χ2n) is 6.15. The zero-order valence-corrected chi connectivity index (χ0v) is 14.6. The van der Waals surface area contributed by atoms with E-state index in [4.69, 9.17) is 9.47 Å². The molecule has 1 unspecified atom stereocenters. The van der Waals surface area contributed by atoms with Crippen LogP contribution in [0.2, 0.25) is 0 Å². The first kappa shape index (κ1) is 17.2. The number of hydrogen-bond acceptors (Lipinski definition) is 6. The van der Waals surface area contributed by atoms with Crippen LogP contribution in [-0.2, 0) is 4.74 Å². The Bertz CT molecular complexity index is 889. The van der Waals surface area contributed by atoms with Gasteiger partial charge in [0.05, 0.1) is 6.10 Å². The Labute approximate surface area is 156 Å². The van der Waals surface area contributed by atoms with E-state index in [0.29, 0.717) is 29.4 Å². The number of pyridine rings is 1. The van der Waals surface area contributed by atoms with E-state index in [-0.39, 0.29) is 18.0 Å². The quantitative estimate of drug-likeness (QED) is 0.696. The van der Waals surface area contributed by atoms with Crippen LogP contribution in [0, 0.1) is 0 Å². The van der Waals surface area contributed by atoms with Crippen molar-refractivity contribution in [3.8, 4) is 17.3 Å². The highest BCUT2D eigenvalue weighted by molar-refractivity contribution is 6.03. The molecule has 1 aliphatic rings. The fraction of sp³-hybridized carbons (Fsp3) is 0.263. The predicted molar refractivity (Wildman–Crippen MR) is 98.5 cm³/mol. The predicted octanol–water partition coefficient (Wildman–Crippen LogP) is 2.68. The Hall–Kier alpha value is -3.26. The van der Waals surface area contributed by atoms with E-state index in [9.17, 15) is 4.79 Å². The first-order valence-corrected chi connectivity index (χ1v) is 8.77. The molecule has 2 N–H and O–H groups in total. The molecule has 8 nitrogen and oxygen atoms in total. The summed E-state index contributed by atoms with van der Waals surface area (Å²) in [7, 11) is 0. The molecule has 0 spiro atoms. The molecule has 0 radical (unpaired) electrons. The molecule has 1 saturated heterocycles. The van der Waals surface area contributed by atoms with Crippen LogP contribution < -0.4 is 10.1 Å². The number of anilines is 1. The number of aromatic amines is 1. The number of rotatable bonds is 6. The van der Waals surface area contributed by atoms with Gasteiger partial charge in [0.15, 0.2) is 5.82 Å². The Morgan fingerprint density at radius 3 is 2.89 bits per heavy atom. The molecule has 0 bridgehead atoms. The number of carbonyl (C=O) groups is 1. The normalized spacial score (nSPS) is 16.2. The highest BCUT2D eigenvalue weighted by Crippen LogP contribution is 2.17. The van der Waals surface area contributed by atoms with Gasteiger partial charge in [0, 0.05) is 18.4 Å². The van der Waals surface area contributed by atoms with Crippen LogP contribution in [0.15, 0.2) is 48.7 Å². The summed E-state index contributed by atoms with van der Waals surface area (Å²) in [6.45, 7) is 1.33. The molecule has 1 atom stereocenters. The highest BCUT2D eigenvalue weighted by atomic mass is 16.5. The van der Waals surface area contributed by atoms with Gasteiger partial charge >= 0.3 is 0 Å². The zero-order valence-electron chi connectivity index (χ0n) is 14.6. The molecular weight excluding hydrogens is 346 g/mol. The molecule has 8 heteroatoms. The van der Waals surface area contributed by atoms with Crippen LogP contribution in [0.3, 0.4) is 0 Å². The summed E-state index contributed by atoms with van der Waals surface area (Å²) >= 11 is 0. The van der Waals surface area contributed by atoms with E-state index in [1.54, 1.807) is 36.5 Å². The fourth-order valence-electron chi connectivity index (χ4n) is 2.78. The molecule has 27 heavy (non-hydrogen) atoms. The monoisotopic (exact) mass is 365 g/mol. The van der Waals surface area contributed by atoms with Gasteiger partial charge in [-0.05, 0) is 49.2 Å². The molecular formula is C19H19N5O3. The van der Waals surface area contributed by atoms with Crippen LogP contribution in [0.4, 0.5) is 5.95 Å². The molecule has 1 fully saturated rings. The maximum Gasteiger partial charge on any atom is 0.258 e. The Kier molecular flexibility index (Phi) is 5.06. The van der Waals surface area contributed by atoms with Crippen molar-refractivity contribution in [1.82, 2.24) is 20.2 Å². The number of nitrogens with one attached hydrogen (secondary N) is 2. The van der Waals surface area contributed by atoms with E-state index >= 15 is 0 Å². The lowest BCUT2D eigenvalue weighted by molar-refractivity contribution is 0.0679. The first-order valence-electron chi connectivity index (χ1n) is 8.77. The minimum Gasteiger partial charge on any atom is -0.491 e. The van der Waals surface area contributed by atoms with Crippen molar-refractivity contribution < 1.29 is 14.3 Å². The van der Waals surface area contributed by atoms with Crippen molar-refractivity contribution in [3.05, 3.63) is 54.2 Å². The SMILES string of the molecule is O=C(Nc1n[nH]c(-c2ccccn2)n1)c1ccc(OCC2CCCO2)cc1. The molecule has 1 amide bonds. The van der Waals surface area contributed by atoms with Crippen molar-refractivity contribution >= 4 is 11.9 Å². The maximum atomic E-state index is 12.4. The van der Waals surface area contributed by atoms with E-state index < -0.39 is 0 Å². The van der Waals surface area contributed by atoms with Gasteiger partial charge in [0.2, 0.25) is 5.95 Å². The molecule has 3 heterocycles. The third-order valence-electron chi connectivity index (χ3n) is 4.19. The van der Waals surface area contributed by atoms with Gasteiger partial charge in [0.25, 0.3) is 5.91 Å². The second kappa shape index (κ2) is 7.96. The number of carbonyl (C=O) groups excluding carboxylic acids is 1. The van der Waals surface area contributed by atoms with Gasteiger partial charge in [-0.2, -0.15) is 4.98 Å². The lowest BCUT2D eigenvalue weighted by atomic mass is 10.2. The van der Waals surface area contributed by atoms with E-state index in [1.165, 1.54) is 0 Å².